The molecule has 1 heterocycles. The highest BCUT2D eigenvalue weighted by atomic mass is 32.2. The fourth-order valence-electron chi connectivity index (χ4n) is 2.65. The number of aliphatic hydroxyl groups excluding tert-OH is 1. The fourth-order valence-corrected chi connectivity index (χ4v) is 3.54. The van der Waals surface area contributed by atoms with Crippen molar-refractivity contribution in [1.29, 1.82) is 0 Å². The molecule has 1 aliphatic heterocycles. The Kier molecular flexibility index (Phi) is 6.21. The van der Waals surface area contributed by atoms with Gasteiger partial charge in [-0.1, -0.05) is 30.5 Å². The third-order valence-electron chi connectivity index (χ3n) is 3.88. The summed E-state index contributed by atoms with van der Waals surface area (Å²) in [6, 6.07) is 9.13. The molecular formula is C16H25NOS. The van der Waals surface area contributed by atoms with Gasteiger partial charge in [0.15, 0.2) is 0 Å². The number of aliphatic hydroxyl groups is 1. The van der Waals surface area contributed by atoms with Crippen LogP contribution in [0.5, 0.6) is 0 Å². The molecule has 1 N–H and O–H groups in total. The van der Waals surface area contributed by atoms with Gasteiger partial charge < -0.3 is 5.11 Å². The predicted molar refractivity (Wildman–Crippen MR) is 82.8 cm³/mol. The third kappa shape index (κ3) is 4.83. The zero-order valence-corrected chi connectivity index (χ0v) is 12.7. The number of aryl methyl sites for hydroxylation is 1. The number of hydrogen-bond donors (Lipinski definition) is 1. The van der Waals surface area contributed by atoms with Gasteiger partial charge in [-0.05, 0) is 38.4 Å². The second-order valence-corrected chi connectivity index (χ2v) is 6.55. The van der Waals surface area contributed by atoms with Gasteiger partial charge in [0.05, 0.1) is 6.61 Å². The SMILES string of the molecule is Cc1ccc(SCCN2CCCCCC2CO)cc1. The lowest BCUT2D eigenvalue weighted by Gasteiger charge is -2.28. The zero-order chi connectivity index (χ0) is 13.5. The minimum Gasteiger partial charge on any atom is -0.395 e. The summed E-state index contributed by atoms with van der Waals surface area (Å²) in [4.78, 5) is 3.83. The second-order valence-electron chi connectivity index (χ2n) is 5.38. The Morgan fingerprint density at radius 3 is 2.74 bits per heavy atom. The van der Waals surface area contributed by atoms with Crippen LogP contribution in [0.3, 0.4) is 0 Å². The van der Waals surface area contributed by atoms with E-state index in [1.165, 1.54) is 29.7 Å². The average molecular weight is 279 g/mol. The van der Waals surface area contributed by atoms with Crippen LogP contribution in [-0.4, -0.2) is 41.5 Å². The Bertz CT molecular complexity index is 366. The van der Waals surface area contributed by atoms with Crippen LogP contribution in [0.4, 0.5) is 0 Å². The fraction of sp³-hybridized carbons (Fsp3) is 0.625. The minimum absolute atomic E-state index is 0.315. The third-order valence-corrected chi connectivity index (χ3v) is 4.87. The molecule has 106 valence electrons. The standard InChI is InChI=1S/C16H25NOS/c1-14-6-8-16(9-7-14)19-12-11-17-10-4-2-3-5-15(17)13-18/h6-9,15,18H,2-5,10-13H2,1H3. The van der Waals surface area contributed by atoms with Crippen LogP contribution in [0.2, 0.25) is 0 Å². The topological polar surface area (TPSA) is 23.5 Å². The lowest BCUT2D eigenvalue weighted by molar-refractivity contribution is 0.131. The number of benzene rings is 1. The maximum atomic E-state index is 9.48. The van der Waals surface area contributed by atoms with Crippen molar-refractivity contribution in [3.05, 3.63) is 29.8 Å². The highest BCUT2D eigenvalue weighted by Crippen LogP contribution is 2.21. The molecule has 0 spiro atoms. The Morgan fingerprint density at radius 2 is 2.00 bits per heavy atom. The second kappa shape index (κ2) is 7.93. The first-order valence-electron chi connectivity index (χ1n) is 7.34. The van der Waals surface area contributed by atoms with Crippen LogP contribution in [0.15, 0.2) is 29.2 Å². The monoisotopic (exact) mass is 279 g/mol. The zero-order valence-electron chi connectivity index (χ0n) is 11.8. The van der Waals surface area contributed by atoms with Gasteiger partial charge >= 0.3 is 0 Å². The molecule has 0 bridgehead atoms. The molecule has 0 radical (unpaired) electrons. The maximum Gasteiger partial charge on any atom is 0.0586 e. The van der Waals surface area contributed by atoms with Gasteiger partial charge in [-0.3, -0.25) is 4.90 Å². The van der Waals surface area contributed by atoms with E-state index >= 15 is 0 Å². The van der Waals surface area contributed by atoms with Crippen LogP contribution in [-0.2, 0) is 0 Å². The summed E-state index contributed by atoms with van der Waals surface area (Å²) < 4.78 is 0. The van der Waals surface area contributed by atoms with Gasteiger partial charge in [0.1, 0.15) is 0 Å². The summed E-state index contributed by atoms with van der Waals surface area (Å²) in [5.41, 5.74) is 1.32. The Morgan fingerprint density at radius 1 is 1.21 bits per heavy atom. The van der Waals surface area contributed by atoms with Crippen molar-refractivity contribution in [3.8, 4) is 0 Å². The predicted octanol–water partition coefficient (Wildman–Crippen LogP) is 3.32. The van der Waals surface area contributed by atoms with Gasteiger partial charge in [0.25, 0.3) is 0 Å². The van der Waals surface area contributed by atoms with Gasteiger partial charge in [0.2, 0.25) is 0 Å². The van der Waals surface area contributed by atoms with E-state index in [2.05, 4.69) is 36.1 Å². The van der Waals surface area contributed by atoms with Crippen molar-refractivity contribution in [1.82, 2.24) is 4.90 Å². The molecule has 1 aromatic rings. The highest BCUT2D eigenvalue weighted by molar-refractivity contribution is 7.99. The van der Waals surface area contributed by atoms with Crippen molar-refractivity contribution >= 4 is 11.8 Å². The van der Waals surface area contributed by atoms with Gasteiger partial charge in [-0.25, -0.2) is 0 Å². The van der Waals surface area contributed by atoms with Crippen LogP contribution in [0, 0.1) is 6.92 Å². The van der Waals surface area contributed by atoms with Crippen LogP contribution < -0.4 is 0 Å². The lowest BCUT2D eigenvalue weighted by atomic mass is 10.1. The first-order valence-corrected chi connectivity index (χ1v) is 8.32. The molecule has 1 atom stereocenters. The molecule has 0 amide bonds. The van der Waals surface area contributed by atoms with E-state index < -0.39 is 0 Å². The van der Waals surface area contributed by atoms with Gasteiger partial charge in [-0.15, -0.1) is 11.8 Å². The first-order chi connectivity index (χ1) is 9.29. The molecule has 0 aliphatic carbocycles. The molecule has 0 aromatic heterocycles. The number of thioether (sulfide) groups is 1. The number of rotatable bonds is 5. The lowest BCUT2D eigenvalue weighted by Crippen LogP contribution is -2.38. The van der Waals surface area contributed by atoms with Crippen LogP contribution in [0.1, 0.15) is 31.2 Å². The van der Waals surface area contributed by atoms with Crippen molar-refractivity contribution in [2.45, 2.75) is 43.5 Å². The molecule has 3 heteroatoms. The van der Waals surface area contributed by atoms with Gasteiger partial charge in [-0.2, -0.15) is 0 Å². The van der Waals surface area contributed by atoms with E-state index in [1.54, 1.807) is 0 Å². The minimum atomic E-state index is 0.315. The highest BCUT2D eigenvalue weighted by Gasteiger charge is 2.19. The van der Waals surface area contributed by atoms with E-state index in [0.29, 0.717) is 12.6 Å². The number of nitrogens with zero attached hydrogens (tertiary/aromatic N) is 1. The molecule has 1 fully saturated rings. The molecule has 1 aromatic carbocycles. The molecule has 19 heavy (non-hydrogen) atoms. The summed E-state index contributed by atoms with van der Waals surface area (Å²) in [6.45, 7) is 4.68. The Balaban J connectivity index is 1.78. The quantitative estimate of drug-likeness (QED) is 0.836. The Labute approximate surface area is 121 Å². The van der Waals surface area contributed by atoms with E-state index in [9.17, 15) is 5.11 Å². The maximum absolute atomic E-state index is 9.48. The van der Waals surface area contributed by atoms with Crippen LogP contribution >= 0.6 is 11.8 Å². The summed E-state index contributed by atoms with van der Waals surface area (Å²) >= 11 is 1.92. The normalized spacial score (nSPS) is 21.3. The summed E-state index contributed by atoms with van der Waals surface area (Å²) in [5.74, 6) is 1.11. The first kappa shape index (κ1) is 14.9. The van der Waals surface area contributed by atoms with Crippen molar-refractivity contribution in [2.75, 3.05) is 25.4 Å². The molecule has 1 aliphatic rings. The molecule has 2 nitrogen and oxygen atoms in total. The van der Waals surface area contributed by atoms with E-state index in [1.807, 2.05) is 11.8 Å². The average Bonchev–Trinajstić information content (AvgIpc) is 2.66. The largest absolute Gasteiger partial charge is 0.395 e. The molecular weight excluding hydrogens is 254 g/mol. The Hall–Kier alpha value is -0.510. The number of likely N-dealkylation sites (tertiary alicyclic amines) is 1. The molecule has 1 saturated heterocycles. The molecule has 0 saturated carbocycles. The van der Waals surface area contributed by atoms with Crippen molar-refractivity contribution in [3.63, 3.8) is 0 Å². The van der Waals surface area contributed by atoms with Gasteiger partial charge in [0, 0.05) is 23.2 Å². The molecule has 1 unspecified atom stereocenters. The van der Waals surface area contributed by atoms with E-state index in [4.69, 9.17) is 0 Å². The van der Waals surface area contributed by atoms with Crippen molar-refractivity contribution in [2.24, 2.45) is 0 Å². The van der Waals surface area contributed by atoms with Crippen molar-refractivity contribution < 1.29 is 5.11 Å². The molecule has 2 rings (SSSR count). The summed E-state index contributed by atoms with van der Waals surface area (Å²) in [7, 11) is 0. The summed E-state index contributed by atoms with van der Waals surface area (Å²) in [6.07, 6.45) is 5.03. The summed E-state index contributed by atoms with van der Waals surface area (Å²) in [5, 5.41) is 9.48. The smallest absolute Gasteiger partial charge is 0.0586 e. The van der Waals surface area contributed by atoms with E-state index in [0.717, 1.165) is 25.3 Å². The number of hydrogen-bond acceptors (Lipinski definition) is 3. The van der Waals surface area contributed by atoms with E-state index in [-0.39, 0.29) is 0 Å². The van der Waals surface area contributed by atoms with Crippen LogP contribution in [0.25, 0.3) is 0 Å².